The van der Waals surface area contributed by atoms with Crippen LogP contribution in [0.4, 0.5) is 0 Å². The summed E-state index contributed by atoms with van der Waals surface area (Å²) in [5.41, 5.74) is -4.95. The van der Waals surface area contributed by atoms with Gasteiger partial charge in [-0.2, -0.15) is 0 Å². The van der Waals surface area contributed by atoms with Gasteiger partial charge in [0, 0.05) is 40.3 Å². The monoisotopic (exact) mass is 1070 g/mol. The number of fused-ring (bicyclic) bond motifs is 14. The fourth-order valence-electron chi connectivity index (χ4n) is 9.76. The van der Waals surface area contributed by atoms with Gasteiger partial charge in [0.1, 0.15) is 0 Å². The van der Waals surface area contributed by atoms with Crippen molar-refractivity contribution in [2.24, 2.45) is 0 Å². The van der Waals surface area contributed by atoms with E-state index in [0.717, 1.165) is 11.3 Å². The molecule has 0 atom stereocenters. The minimum atomic E-state index is -0.941. The zero-order chi connectivity index (χ0) is 91.3. The van der Waals surface area contributed by atoms with Crippen LogP contribution in [-0.2, 0) is 0 Å². The van der Waals surface area contributed by atoms with Crippen molar-refractivity contribution in [3.63, 3.8) is 0 Å². The molecule has 0 amide bonds. The van der Waals surface area contributed by atoms with Crippen molar-refractivity contribution in [1.29, 1.82) is 0 Å². The van der Waals surface area contributed by atoms with E-state index in [0.29, 0.717) is 11.3 Å². The molecular weight excluding hydrogens is 977 g/mol. The summed E-state index contributed by atoms with van der Waals surface area (Å²) in [5.74, 6) is 0. The SMILES string of the molecule is [2H]c1c([2H])c([2H])c2c(sc3c([2H])c([2H])c(-c4c5c([2H])c([2H])c([2H])c([2H])c5c(-c5c([2H])c([2H])c([2H])c6c([2H])c([2H])c([2H])c([2H])c56)c5c([2H])c([2H])c([2H])c([2H])c45)c([2H])c32)c1[2H].[2H]c1c([2H])c([2H])c2c(sc3c([2H])c([2H])c(-c4c5c([2H])c([2H])c([2H])c([2H])c5c(-c5c([2H])c6c([2H])c([2H])c([2H])c([2H])c6c6c([2H])c([2H])c([2H])c([2H])c56)c5c([2H])c([2H])c([2H])c([2H])c45)c([2H])c32)c1[2H]. The molecule has 0 saturated heterocycles. The highest BCUT2D eigenvalue weighted by Gasteiger charge is 2.21. The van der Waals surface area contributed by atoms with E-state index in [4.69, 9.17) is 41.1 Å². The molecule has 362 valence electrons. The van der Waals surface area contributed by atoms with Gasteiger partial charge in [-0.15, -0.1) is 22.7 Å². The van der Waals surface area contributed by atoms with Crippen molar-refractivity contribution in [3.05, 3.63) is 278 Å². The van der Waals surface area contributed by atoms with Crippen molar-refractivity contribution in [1.82, 2.24) is 0 Å². The van der Waals surface area contributed by atoms with Crippen LogP contribution in [0.3, 0.4) is 0 Å². The molecule has 0 fully saturated rings. The third-order valence-corrected chi connectivity index (χ3v) is 15.0. The first kappa shape index (κ1) is 18.6. The van der Waals surface area contributed by atoms with Crippen LogP contribution in [0.2, 0.25) is 0 Å². The van der Waals surface area contributed by atoms with E-state index in [1.54, 1.807) is 0 Å². The Morgan fingerprint density at radius 3 is 1.01 bits per heavy atom. The summed E-state index contributed by atoms with van der Waals surface area (Å²) >= 11 is 1.43. The summed E-state index contributed by atoms with van der Waals surface area (Å²) in [6.45, 7) is 0. The molecule has 0 aliphatic heterocycles. The maximum atomic E-state index is 9.75. The third kappa shape index (κ3) is 7.04. The highest BCUT2D eigenvalue weighted by atomic mass is 32.1. The van der Waals surface area contributed by atoms with Crippen LogP contribution in [0.1, 0.15) is 63.1 Å². The van der Waals surface area contributed by atoms with E-state index in [1.807, 2.05) is 0 Å². The van der Waals surface area contributed by atoms with Gasteiger partial charge in [-0.1, -0.05) is 236 Å². The number of hydrogen-bond acceptors (Lipinski definition) is 2. The minimum absolute atomic E-state index is 0.0538. The number of rotatable bonds is 4. The average molecular weight is 1070 g/mol. The lowest BCUT2D eigenvalue weighted by molar-refractivity contribution is 1.69. The molecule has 0 aliphatic rings. The molecule has 2 heteroatoms. The highest BCUT2D eigenvalue weighted by Crippen LogP contribution is 2.49. The molecule has 2 aromatic heterocycles. The Bertz CT molecular complexity index is 7930. The zero-order valence-corrected chi connectivity index (χ0v) is 40.4. The van der Waals surface area contributed by atoms with Crippen LogP contribution in [0.5, 0.6) is 0 Å². The Balaban J connectivity index is 0.000000184. The van der Waals surface area contributed by atoms with Gasteiger partial charge in [0.2, 0.25) is 0 Å². The molecule has 0 aliphatic carbocycles. The molecule has 0 N–H and O–H groups in total. The first-order valence-electron chi connectivity index (χ1n) is 46.1. The van der Waals surface area contributed by atoms with Crippen molar-refractivity contribution >= 4 is 138 Å². The number of thiophene rings is 2. The van der Waals surface area contributed by atoms with Crippen LogP contribution in [0.15, 0.2) is 278 Å². The molecule has 17 aromatic rings. The fraction of sp³-hybridized carbons (Fsp3) is 0. The number of hydrogen-bond donors (Lipinski definition) is 0. The third-order valence-electron chi connectivity index (χ3n) is 13.0. The first-order valence-corrected chi connectivity index (χ1v) is 24.7. The van der Waals surface area contributed by atoms with E-state index in [2.05, 4.69) is 0 Å². The molecule has 17 rings (SSSR count). The molecule has 0 bridgehead atoms. The van der Waals surface area contributed by atoms with Crippen molar-refractivity contribution in [3.8, 4) is 44.5 Å². The lowest BCUT2D eigenvalue weighted by Gasteiger charge is -2.19. The Morgan fingerprint density at radius 2 is 0.526 bits per heavy atom. The molecule has 15 aromatic carbocycles. The second-order valence-electron chi connectivity index (χ2n) is 17.0. The number of benzene rings is 15. The van der Waals surface area contributed by atoms with Gasteiger partial charge < -0.3 is 0 Å². The van der Waals surface area contributed by atoms with Crippen LogP contribution in [-0.4, -0.2) is 0 Å². The Kier molecular flexibility index (Phi) is 4.33. The molecule has 0 unspecified atom stereocenters. The summed E-state index contributed by atoms with van der Waals surface area (Å²) in [6, 6.07) is -37.0. The van der Waals surface area contributed by atoms with Gasteiger partial charge in [0.15, 0.2) is 0 Å². The summed E-state index contributed by atoms with van der Waals surface area (Å²) in [6.07, 6.45) is 0. The van der Waals surface area contributed by atoms with E-state index in [9.17, 15) is 21.9 Å². The summed E-state index contributed by atoms with van der Waals surface area (Å²) in [7, 11) is 0. The van der Waals surface area contributed by atoms with Crippen LogP contribution in [0.25, 0.3) is 160 Å². The van der Waals surface area contributed by atoms with E-state index >= 15 is 0 Å². The lowest BCUT2D eigenvalue weighted by Crippen LogP contribution is -1.92. The summed E-state index contributed by atoms with van der Waals surface area (Å²) in [4.78, 5) is 0. The maximum Gasteiger partial charge on any atom is 0.0638 e. The summed E-state index contributed by atoms with van der Waals surface area (Å²) < 4.78 is 410. The van der Waals surface area contributed by atoms with Crippen LogP contribution < -0.4 is 0 Å². The normalized spacial score (nSPS) is 20.1. The van der Waals surface area contributed by atoms with Gasteiger partial charge in [-0.05, 0) is 162 Å². The predicted molar refractivity (Wildman–Crippen MR) is 343 cm³/mol. The van der Waals surface area contributed by atoms with Gasteiger partial charge in [0.05, 0.1) is 63.1 Å². The van der Waals surface area contributed by atoms with Gasteiger partial charge in [-0.3, -0.25) is 0 Å². The predicted octanol–water partition coefficient (Wildman–Crippen LogP) is 22.8. The quantitative estimate of drug-likeness (QED) is 0.122. The molecule has 0 radical (unpaired) electrons. The smallest absolute Gasteiger partial charge is 0.0638 e. The second-order valence-corrected chi connectivity index (χ2v) is 19.1. The zero-order valence-electron chi connectivity index (χ0n) is 84.8. The molecular formula is C76H46S2. The molecule has 0 spiro atoms. The Hall–Kier alpha value is -9.44. The minimum Gasteiger partial charge on any atom is -0.135 e. The molecule has 2 heterocycles. The maximum absolute atomic E-state index is 9.75. The van der Waals surface area contributed by atoms with Gasteiger partial charge in [-0.25, -0.2) is 0 Å². The first-order chi connectivity index (χ1) is 57.9. The van der Waals surface area contributed by atoms with E-state index in [1.165, 1.54) is 0 Å². The highest BCUT2D eigenvalue weighted by molar-refractivity contribution is 7.26. The van der Waals surface area contributed by atoms with Crippen LogP contribution in [0, 0.1) is 0 Å². The van der Waals surface area contributed by atoms with Crippen molar-refractivity contribution in [2.45, 2.75) is 0 Å². The van der Waals surface area contributed by atoms with E-state index < -0.39 is 398 Å². The average Bonchev–Trinajstić information content (AvgIpc) is 0.712. The fourth-order valence-corrected chi connectivity index (χ4v) is 11.6. The molecule has 0 saturated carbocycles. The van der Waals surface area contributed by atoms with Gasteiger partial charge in [0.25, 0.3) is 0 Å². The second kappa shape index (κ2) is 18.1. The van der Waals surface area contributed by atoms with Crippen molar-refractivity contribution < 1.29 is 63.1 Å². The topological polar surface area (TPSA) is 0 Å². The molecule has 0 nitrogen and oxygen atoms in total. The lowest BCUT2D eigenvalue weighted by atomic mass is 9.83. The Labute approximate surface area is 523 Å². The van der Waals surface area contributed by atoms with Gasteiger partial charge >= 0.3 is 0 Å². The van der Waals surface area contributed by atoms with E-state index in [-0.39, 0.29) is 40.3 Å². The largest absolute Gasteiger partial charge is 0.135 e. The Morgan fingerprint density at radius 1 is 0.192 bits per heavy atom. The molecule has 78 heavy (non-hydrogen) atoms. The standard InChI is InChI=1S/C40H24S.C36H22S/c1-2-12-27-25(11-1)23-36(29-14-4-3-13-28(27)29)40-33-18-7-5-16-31(33)39(32-17-6-8-19-34(32)40)26-21-22-38-35(24-26)30-15-9-10-20-37(30)41-38;1-2-12-25-23(10-1)11-9-18-27(25)36-30-16-5-3-14-28(30)35(29-15-4-6-17-31(29)36)24-20-21-34-32(22-24)26-13-7-8-19-33(26)37-34/h1-24H;1-22H/i1D,2D,3D,4D,5D,6D,7D,8D,9D,10D,11D,12D,13D,14D,15D,16D,17D,18D,19D,20D,21D,22D,23D,24D;1D,2D,3D,4D,5D,6D,7D,8D,9D,10D,11D,12D,13D,14D,15D,16D,17D,18D,19D,20D,21D,22D. The summed E-state index contributed by atoms with van der Waals surface area (Å²) in [5, 5.41) is -9.30. The van der Waals surface area contributed by atoms with Crippen molar-refractivity contribution in [2.75, 3.05) is 0 Å². The van der Waals surface area contributed by atoms with Crippen LogP contribution >= 0.6 is 22.7 Å².